The van der Waals surface area contributed by atoms with Crippen molar-refractivity contribution in [1.29, 1.82) is 0 Å². The molecule has 23 heavy (non-hydrogen) atoms. The number of H-pyrrole nitrogens is 1. The van der Waals surface area contributed by atoms with E-state index in [-0.39, 0.29) is 5.78 Å². The number of hydrogen-bond acceptors (Lipinski definition) is 2. The molecule has 0 aliphatic carbocycles. The normalized spacial score (nSPS) is 15.8. The number of nitrogens with one attached hydrogen (secondary N) is 1. The number of fused-ring (bicyclic) bond motifs is 1. The Labute approximate surface area is 138 Å². The molecule has 2 aromatic rings. The lowest BCUT2D eigenvalue weighted by atomic mass is 9.97. The van der Waals surface area contributed by atoms with Crippen LogP contribution in [-0.2, 0) is 0 Å². The van der Waals surface area contributed by atoms with Gasteiger partial charge in [-0.15, -0.1) is 0 Å². The third-order valence-electron chi connectivity index (χ3n) is 4.66. The van der Waals surface area contributed by atoms with Crippen LogP contribution in [0.2, 0.25) is 0 Å². The molecule has 0 bridgehead atoms. The van der Waals surface area contributed by atoms with Gasteiger partial charge in [0.15, 0.2) is 5.78 Å². The number of aromatic amines is 1. The number of ketones is 1. The highest BCUT2D eigenvalue weighted by molar-refractivity contribution is 6.02. The SMILES string of the molecule is CCCC(=O)c1ccc2[nH]cc(C3=CCN(CCC)CC3)c2c1. The fraction of sp³-hybridized carbons (Fsp3) is 0.450. The van der Waals surface area contributed by atoms with Crippen LogP contribution in [0.3, 0.4) is 0 Å². The van der Waals surface area contributed by atoms with Gasteiger partial charge < -0.3 is 4.98 Å². The Bertz CT molecular complexity index is 726. The van der Waals surface area contributed by atoms with Gasteiger partial charge in [0.05, 0.1) is 0 Å². The van der Waals surface area contributed by atoms with Crippen LogP contribution < -0.4 is 0 Å². The molecular weight excluding hydrogens is 284 g/mol. The summed E-state index contributed by atoms with van der Waals surface area (Å²) in [6.45, 7) is 7.61. The van der Waals surface area contributed by atoms with Crippen molar-refractivity contribution in [2.45, 2.75) is 39.5 Å². The van der Waals surface area contributed by atoms with Crippen molar-refractivity contribution in [3.8, 4) is 0 Å². The van der Waals surface area contributed by atoms with Crippen molar-refractivity contribution in [2.75, 3.05) is 19.6 Å². The Morgan fingerprint density at radius 3 is 2.83 bits per heavy atom. The highest BCUT2D eigenvalue weighted by atomic mass is 16.1. The molecule has 1 aliphatic heterocycles. The van der Waals surface area contributed by atoms with E-state index in [1.54, 1.807) is 0 Å². The van der Waals surface area contributed by atoms with Crippen molar-refractivity contribution < 1.29 is 4.79 Å². The van der Waals surface area contributed by atoms with Gasteiger partial charge in [-0.25, -0.2) is 0 Å². The number of carbonyl (C=O) groups excluding carboxylic acids is 1. The topological polar surface area (TPSA) is 36.1 Å². The summed E-state index contributed by atoms with van der Waals surface area (Å²) in [5, 5.41) is 1.18. The van der Waals surface area contributed by atoms with Gasteiger partial charge in [0.1, 0.15) is 0 Å². The van der Waals surface area contributed by atoms with E-state index in [4.69, 9.17) is 0 Å². The molecule has 122 valence electrons. The Morgan fingerprint density at radius 1 is 1.26 bits per heavy atom. The maximum Gasteiger partial charge on any atom is 0.162 e. The van der Waals surface area contributed by atoms with Crippen LogP contribution >= 0.6 is 0 Å². The van der Waals surface area contributed by atoms with Gasteiger partial charge in [0.25, 0.3) is 0 Å². The second-order valence-corrected chi connectivity index (χ2v) is 6.42. The van der Waals surface area contributed by atoms with Crippen molar-refractivity contribution in [2.24, 2.45) is 0 Å². The monoisotopic (exact) mass is 310 g/mol. The molecule has 0 spiro atoms. The number of rotatable bonds is 6. The average molecular weight is 310 g/mol. The van der Waals surface area contributed by atoms with E-state index in [9.17, 15) is 4.79 Å². The fourth-order valence-electron chi connectivity index (χ4n) is 3.41. The zero-order chi connectivity index (χ0) is 16.2. The Hall–Kier alpha value is -1.87. The van der Waals surface area contributed by atoms with Crippen LogP contribution in [0.1, 0.15) is 55.5 Å². The number of Topliss-reactive ketones (excluding diaryl/α,β-unsaturated/α-hetero) is 1. The summed E-state index contributed by atoms with van der Waals surface area (Å²) in [5.41, 5.74) is 4.63. The summed E-state index contributed by atoms with van der Waals surface area (Å²) in [7, 11) is 0. The lowest BCUT2D eigenvalue weighted by molar-refractivity contribution is 0.0982. The molecule has 0 saturated heterocycles. The number of carbonyl (C=O) groups is 1. The lowest BCUT2D eigenvalue weighted by Gasteiger charge is -2.25. The first-order valence-electron chi connectivity index (χ1n) is 8.79. The van der Waals surface area contributed by atoms with Crippen molar-refractivity contribution in [3.05, 3.63) is 41.6 Å². The standard InChI is InChI=1S/C20H26N2O/c1-3-5-20(23)16-6-7-19-17(13-16)18(14-21-19)15-8-11-22(10-4-2)12-9-15/h6-8,13-14,21H,3-5,9-12H2,1-2H3. The number of hydrogen-bond donors (Lipinski definition) is 1. The van der Waals surface area contributed by atoms with Gasteiger partial charge in [0, 0.05) is 47.7 Å². The molecule has 0 saturated carbocycles. The van der Waals surface area contributed by atoms with Crippen LogP contribution in [0.4, 0.5) is 0 Å². The van der Waals surface area contributed by atoms with Gasteiger partial charge in [-0.2, -0.15) is 0 Å². The van der Waals surface area contributed by atoms with E-state index in [1.807, 2.05) is 19.1 Å². The van der Waals surface area contributed by atoms with Crippen LogP contribution in [0.5, 0.6) is 0 Å². The predicted molar refractivity (Wildman–Crippen MR) is 96.9 cm³/mol. The average Bonchev–Trinajstić information content (AvgIpc) is 2.99. The van der Waals surface area contributed by atoms with E-state index in [0.29, 0.717) is 6.42 Å². The summed E-state index contributed by atoms with van der Waals surface area (Å²) in [5.74, 6) is 0.244. The Morgan fingerprint density at radius 2 is 2.13 bits per heavy atom. The maximum atomic E-state index is 12.2. The number of aromatic nitrogens is 1. The molecule has 1 aliphatic rings. The Balaban J connectivity index is 1.89. The zero-order valence-electron chi connectivity index (χ0n) is 14.2. The molecular formula is C20H26N2O. The van der Waals surface area contributed by atoms with Crippen molar-refractivity contribution in [1.82, 2.24) is 9.88 Å². The lowest BCUT2D eigenvalue weighted by Crippen LogP contribution is -2.29. The summed E-state index contributed by atoms with van der Waals surface area (Å²) in [6, 6.07) is 6.05. The summed E-state index contributed by atoms with van der Waals surface area (Å²) in [4.78, 5) is 18.0. The van der Waals surface area contributed by atoms with Gasteiger partial charge in [-0.1, -0.05) is 19.9 Å². The second-order valence-electron chi connectivity index (χ2n) is 6.42. The Kier molecular flexibility index (Phi) is 4.97. The van der Waals surface area contributed by atoms with Crippen LogP contribution in [0.15, 0.2) is 30.5 Å². The molecule has 0 fully saturated rings. The molecule has 1 N–H and O–H groups in total. The molecule has 3 rings (SSSR count). The molecule has 2 heterocycles. The first-order valence-corrected chi connectivity index (χ1v) is 8.79. The minimum atomic E-state index is 0.244. The van der Waals surface area contributed by atoms with E-state index < -0.39 is 0 Å². The quantitative estimate of drug-likeness (QED) is 0.788. The largest absolute Gasteiger partial charge is 0.361 e. The molecule has 1 aromatic heterocycles. The minimum Gasteiger partial charge on any atom is -0.361 e. The van der Waals surface area contributed by atoms with Gasteiger partial charge in [0.2, 0.25) is 0 Å². The van der Waals surface area contributed by atoms with Crippen LogP contribution in [0.25, 0.3) is 16.5 Å². The first-order chi connectivity index (χ1) is 11.2. The molecule has 1 aromatic carbocycles. The molecule has 3 heteroatoms. The molecule has 0 amide bonds. The molecule has 3 nitrogen and oxygen atoms in total. The van der Waals surface area contributed by atoms with E-state index >= 15 is 0 Å². The smallest absolute Gasteiger partial charge is 0.162 e. The molecule has 0 atom stereocenters. The highest BCUT2D eigenvalue weighted by Gasteiger charge is 2.16. The van der Waals surface area contributed by atoms with Gasteiger partial charge >= 0.3 is 0 Å². The number of benzene rings is 1. The zero-order valence-corrected chi connectivity index (χ0v) is 14.2. The molecule has 0 unspecified atom stereocenters. The summed E-state index contributed by atoms with van der Waals surface area (Å²) >= 11 is 0. The minimum absolute atomic E-state index is 0.244. The third-order valence-corrected chi connectivity index (χ3v) is 4.66. The predicted octanol–water partition coefficient (Wildman–Crippen LogP) is 4.65. The number of nitrogens with zero attached hydrogens (tertiary/aromatic N) is 1. The van der Waals surface area contributed by atoms with E-state index in [2.05, 4.69) is 35.1 Å². The van der Waals surface area contributed by atoms with Crippen molar-refractivity contribution >= 4 is 22.3 Å². The fourth-order valence-corrected chi connectivity index (χ4v) is 3.41. The van der Waals surface area contributed by atoms with Crippen molar-refractivity contribution in [3.63, 3.8) is 0 Å². The van der Waals surface area contributed by atoms with Crippen LogP contribution in [-0.4, -0.2) is 35.3 Å². The molecule has 0 radical (unpaired) electrons. The summed E-state index contributed by atoms with van der Waals surface area (Å²) in [6.07, 6.45) is 8.26. The van der Waals surface area contributed by atoms with E-state index in [0.717, 1.165) is 37.0 Å². The third kappa shape index (κ3) is 3.40. The maximum absolute atomic E-state index is 12.2. The second kappa shape index (κ2) is 7.14. The van der Waals surface area contributed by atoms with Gasteiger partial charge in [-0.05, 0) is 49.6 Å². The summed E-state index contributed by atoms with van der Waals surface area (Å²) < 4.78 is 0. The highest BCUT2D eigenvalue weighted by Crippen LogP contribution is 2.30. The van der Waals surface area contributed by atoms with Gasteiger partial charge in [-0.3, -0.25) is 9.69 Å². The first kappa shape index (κ1) is 16.0. The van der Waals surface area contributed by atoms with Crippen LogP contribution in [0, 0.1) is 0 Å². The van der Waals surface area contributed by atoms with E-state index in [1.165, 1.54) is 29.5 Å².